The minimum atomic E-state index is -4.72. The molecule has 0 spiro atoms. The summed E-state index contributed by atoms with van der Waals surface area (Å²) in [7, 11) is -4.72. The van der Waals surface area contributed by atoms with Gasteiger partial charge in [0.2, 0.25) is 10.4 Å². The Morgan fingerprint density at radius 1 is 0.895 bits per heavy atom. The fourth-order valence-corrected chi connectivity index (χ4v) is 2.88. The molecule has 0 saturated carbocycles. The third kappa shape index (κ3) is 4.36. The highest BCUT2D eigenvalue weighted by Gasteiger charge is 2.16. The summed E-state index contributed by atoms with van der Waals surface area (Å²) in [5, 5.41) is -0.369. The molecule has 0 radical (unpaired) electrons. The SMILES string of the molecule is O=S(=O)([O-])OSC(c1ccccc1)c1ccccc1. The van der Waals surface area contributed by atoms with Crippen LogP contribution in [0.1, 0.15) is 16.4 Å². The number of hydrogen-bond acceptors (Lipinski definition) is 5. The van der Waals surface area contributed by atoms with E-state index in [1.54, 1.807) is 0 Å². The fourth-order valence-electron chi connectivity index (χ4n) is 1.65. The predicted octanol–water partition coefficient (Wildman–Crippen LogP) is 2.90. The Hall–Kier alpha value is -1.34. The van der Waals surface area contributed by atoms with E-state index in [-0.39, 0.29) is 5.25 Å². The highest BCUT2D eigenvalue weighted by molar-refractivity contribution is 8.03. The van der Waals surface area contributed by atoms with E-state index in [0.717, 1.165) is 11.1 Å². The smallest absolute Gasteiger partial charge is 0.228 e. The van der Waals surface area contributed by atoms with Crippen molar-refractivity contribution in [2.24, 2.45) is 0 Å². The van der Waals surface area contributed by atoms with Crippen LogP contribution in [0.3, 0.4) is 0 Å². The summed E-state index contributed by atoms with van der Waals surface area (Å²) in [5.41, 5.74) is 1.73. The number of hydrogen-bond donors (Lipinski definition) is 0. The van der Waals surface area contributed by atoms with Gasteiger partial charge in [0.05, 0.1) is 5.25 Å². The topological polar surface area (TPSA) is 66.4 Å². The Bertz CT molecular complexity index is 572. The zero-order valence-corrected chi connectivity index (χ0v) is 11.4. The summed E-state index contributed by atoms with van der Waals surface area (Å²) in [6.45, 7) is 0. The lowest BCUT2D eigenvalue weighted by molar-refractivity contribution is 0.391. The van der Waals surface area contributed by atoms with Crippen LogP contribution in [0.15, 0.2) is 60.7 Å². The van der Waals surface area contributed by atoms with Gasteiger partial charge in [-0.2, -0.15) is 0 Å². The number of rotatable bonds is 5. The minimum Gasteiger partial charge on any atom is -0.725 e. The molecule has 6 heteroatoms. The molecule has 0 amide bonds. The highest BCUT2D eigenvalue weighted by Crippen LogP contribution is 2.36. The summed E-state index contributed by atoms with van der Waals surface area (Å²) in [6.07, 6.45) is 0. The van der Waals surface area contributed by atoms with E-state index in [4.69, 9.17) is 0 Å². The molecule has 0 bridgehead atoms. The molecule has 4 nitrogen and oxygen atoms in total. The third-order valence-corrected chi connectivity index (χ3v) is 4.14. The van der Waals surface area contributed by atoms with Crippen LogP contribution in [0, 0.1) is 0 Å². The monoisotopic (exact) mass is 295 g/mol. The van der Waals surface area contributed by atoms with Crippen LogP contribution in [-0.2, 0) is 14.0 Å². The zero-order chi connectivity index (χ0) is 13.7. The van der Waals surface area contributed by atoms with E-state index in [1.807, 2.05) is 60.7 Å². The van der Waals surface area contributed by atoms with E-state index >= 15 is 0 Å². The molecule has 0 heterocycles. The van der Waals surface area contributed by atoms with Crippen LogP contribution in [0.25, 0.3) is 0 Å². The largest absolute Gasteiger partial charge is 0.725 e. The molecule has 2 rings (SSSR count). The van der Waals surface area contributed by atoms with Crippen molar-refractivity contribution in [2.75, 3.05) is 0 Å². The van der Waals surface area contributed by atoms with Crippen molar-refractivity contribution in [3.8, 4) is 0 Å². The van der Waals surface area contributed by atoms with Gasteiger partial charge in [-0.1, -0.05) is 60.7 Å². The van der Waals surface area contributed by atoms with Crippen LogP contribution in [0.4, 0.5) is 0 Å². The van der Waals surface area contributed by atoms with Gasteiger partial charge in [-0.25, -0.2) is 12.0 Å². The van der Waals surface area contributed by atoms with E-state index in [1.165, 1.54) is 0 Å². The van der Waals surface area contributed by atoms with Gasteiger partial charge in [-0.15, -0.1) is 0 Å². The van der Waals surface area contributed by atoms with E-state index < -0.39 is 10.4 Å². The maximum atomic E-state index is 10.6. The predicted molar refractivity (Wildman–Crippen MR) is 73.1 cm³/mol. The molecule has 2 aromatic carbocycles. The van der Waals surface area contributed by atoms with Crippen molar-refractivity contribution in [2.45, 2.75) is 5.25 Å². The molecular weight excluding hydrogens is 284 g/mol. The molecule has 0 atom stereocenters. The second-order valence-electron chi connectivity index (χ2n) is 3.77. The van der Waals surface area contributed by atoms with Crippen LogP contribution < -0.4 is 0 Å². The first kappa shape index (κ1) is 14.1. The Kier molecular flexibility index (Phi) is 4.60. The van der Waals surface area contributed by atoms with Crippen molar-refractivity contribution < 1.29 is 16.6 Å². The fraction of sp³-hybridized carbons (Fsp3) is 0.0769. The molecule has 2 aromatic rings. The normalized spacial score (nSPS) is 11.7. The van der Waals surface area contributed by atoms with Crippen molar-refractivity contribution >= 4 is 22.4 Å². The van der Waals surface area contributed by atoms with Gasteiger partial charge in [0, 0.05) is 12.0 Å². The molecule has 0 aliphatic heterocycles. The van der Waals surface area contributed by atoms with Gasteiger partial charge in [0.15, 0.2) is 0 Å². The van der Waals surface area contributed by atoms with Crippen LogP contribution in [0.5, 0.6) is 0 Å². The zero-order valence-electron chi connectivity index (χ0n) is 9.80. The maximum absolute atomic E-state index is 10.6. The molecule has 0 N–H and O–H groups in total. The van der Waals surface area contributed by atoms with Gasteiger partial charge < -0.3 is 4.55 Å². The first-order valence-electron chi connectivity index (χ1n) is 5.47. The standard InChI is InChI=1S/C13H12O4S2/c14-19(15,16)17-18-13(11-7-3-1-4-8-11)12-9-5-2-6-10-12/h1-10,13H,(H,14,15,16)/p-1. The first-order chi connectivity index (χ1) is 9.06. The molecule has 0 fully saturated rings. The summed E-state index contributed by atoms with van der Waals surface area (Å²) in [4.78, 5) is 0. The van der Waals surface area contributed by atoms with E-state index in [0.29, 0.717) is 12.0 Å². The van der Waals surface area contributed by atoms with Crippen LogP contribution in [0.2, 0.25) is 0 Å². The molecule has 0 aromatic heterocycles. The molecular formula is C13H11O4S2-. The van der Waals surface area contributed by atoms with Gasteiger partial charge in [0.1, 0.15) is 0 Å². The molecule has 19 heavy (non-hydrogen) atoms. The van der Waals surface area contributed by atoms with E-state index in [9.17, 15) is 13.0 Å². The molecule has 100 valence electrons. The second-order valence-corrected chi connectivity index (χ2v) is 5.80. The lowest BCUT2D eigenvalue weighted by atomic mass is 10.0. The average molecular weight is 295 g/mol. The molecule has 0 aliphatic carbocycles. The lowest BCUT2D eigenvalue weighted by Crippen LogP contribution is -2.03. The quantitative estimate of drug-likeness (QED) is 0.482. The third-order valence-electron chi connectivity index (χ3n) is 2.42. The first-order valence-corrected chi connectivity index (χ1v) is 7.61. The number of benzene rings is 2. The summed E-state index contributed by atoms with van der Waals surface area (Å²) >= 11 is 0.634. The lowest BCUT2D eigenvalue weighted by Gasteiger charge is -2.17. The summed E-state index contributed by atoms with van der Waals surface area (Å²) in [6, 6.07) is 18.5. The van der Waals surface area contributed by atoms with Gasteiger partial charge in [0.25, 0.3) is 0 Å². The van der Waals surface area contributed by atoms with Gasteiger partial charge >= 0.3 is 0 Å². The highest BCUT2D eigenvalue weighted by atomic mass is 32.3. The molecule has 0 saturated heterocycles. The van der Waals surface area contributed by atoms with Gasteiger partial charge in [-0.3, -0.25) is 0 Å². The van der Waals surface area contributed by atoms with Crippen molar-refractivity contribution in [1.82, 2.24) is 0 Å². The minimum absolute atomic E-state index is 0.369. The Labute approximate surface area is 116 Å². The second kappa shape index (κ2) is 6.21. The molecule has 0 unspecified atom stereocenters. The Morgan fingerprint density at radius 3 is 1.68 bits per heavy atom. The van der Waals surface area contributed by atoms with Crippen LogP contribution >= 0.6 is 12.0 Å². The average Bonchev–Trinajstić information content (AvgIpc) is 2.40. The Morgan fingerprint density at radius 2 is 1.32 bits per heavy atom. The summed E-state index contributed by atoms with van der Waals surface area (Å²) in [5.74, 6) is 0. The van der Waals surface area contributed by atoms with Crippen molar-refractivity contribution in [3.63, 3.8) is 0 Å². The van der Waals surface area contributed by atoms with E-state index in [2.05, 4.69) is 3.63 Å². The Balaban J connectivity index is 2.29. The van der Waals surface area contributed by atoms with Crippen LogP contribution in [-0.4, -0.2) is 13.0 Å². The molecule has 0 aliphatic rings. The van der Waals surface area contributed by atoms with Crippen molar-refractivity contribution in [3.05, 3.63) is 71.8 Å². The van der Waals surface area contributed by atoms with Gasteiger partial charge in [-0.05, 0) is 11.1 Å². The van der Waals surface area contributed by atoms with Crippen molar-refractivity contribution in [1.29, 1.82) is 0 Å². The summed E-state index contributed by atoms with van der Waals surface area (Å²) < 4.78 is 36.1. The maximum Gasteiger partial charge on any atom is 0.228 e.